The maximum atomic E-state index is 11.6. The van der Waals surface area contributed by atoms with Crippen LogP contribution in [0.25, 0.3) is 0 Å². The molecule has 3 rings (SSSR count). The van der Waals surface area contributed by atoms with Crippen molar-refractivity contribution in [2.24, 2.45) is 0 Å². The monoisotopic (exact) mass is 330 g/mol. The molecule has 0 saturated carbocycles. The van der Waals surface area contributed by atoms with E-state index in [-0.39, 0.29) is 34.2 Å². The van der Waals surface area contributed by atoms with E-state index in [1.165, 1.54) is 6.07 Å². The topological polar surface area (TPSA) is 37.3 Å². The maximum absolute atomic E-state index is 11.6. The molecular formula is C19H14FeO2. The molecule has 22 heavy (non-hydrogen) atoms. The Morgan fingerprint density at radius 2 is 1.68 bits per heavy atom. The van der Waals surface area contributed by atoms with Gasteiger partial charge in [-0.3, -0.25) is 4.79 Å². The number of carbonyl (C=O) groups is 1. The summed E-state index contributed by atoms with van der Waals surface area (Å²) in [6.07, 6.45) is 0. The summed E-state index contributed by atoms with van der Waals surface area (Å²) in [6, 6.07) is 23.7. The van der Waals surface area contributed by atoms with Gasteiger partial charge in [0.05, 0.1) is 5.56 Å². The largest absolute Gasteiger partial charge is 2.00 e. The van der Waals surface area contributed by atoms with Crippen molar-refractivity contribution in [3.8, 4) is 17.6 Å². The first-order valence-corrected chi connectivity index (χ1v) is 6.50. The SMILES string of the molecule is O=C(C#Cc1ccc[cH-]1)c1ccccc1O.[Fe+2].c1cc[cH-]c1. The number of Topliss-reactive ketones (excluding diaryl/α,β-unsaturated/α-hetero) is 1. The molecule has 3 aromatic carbocycles. The van der Waals surface area contributed by atoms with Gasteiger partial charge in [0.2, 0.25) is 5.78 Å². The Kier molecular flexibility index (Phi) is 7.50. The van der Waals surface area contributed by atoms with E-state index in [1.54, 1.807) is 18.2 Å². The van der Waals surface area contributed by atoms with Crippen molar-refractivity contribution in [2.75, 3.05) is 0 Å². The minimum Gasteiger partial charge on any atom is -0.507 e. The van der Waals surface area contributed by atoms with Crippen LogP contribution >= 0.6 is 0 Å². The summed E-state index contributed by atoms with van der Waals surface area (Å²) in [6.45, 7) is 0. The van der Waals surface area contributed by atoms with Crippen LogP contribution in [0.1, 0.15) is 15.9 Å². The molecule has 1 N–H and O–H groups in total. The number of para-hydroxylation sites is 1. The second-order valence-corrected chi connectivity index (χ2v) is 4.23. The quantitative estimate of drug-likeness (QED) is 0.319. The summed E-state index contributed by atoms with van der Waals surface area (Å²) in [5.41, 5.74) is 1.03. The number of ketones is 1. The number of benzene rings is 1. The van der Waals surface area contributed by atoms with Crippen molar-refractivity contribution in [1.29, 1.82) is 0 Å². The zero-order valence-electron chi connectivity index (χ0n) is 11.7. The summed E-state index contributed by atoms with van der Waals surface area (Å²) in [5.74, 6) is 4.82. The minimum absolute atomic E-state index is 0. The Morgan fingerprint density at radius 1 is 0.955 bits per heavy atom. The molecule has 3 aromatic rings. The number of carbonyl (C=O) groups excluding carboxylic acids is 1. The van der Waals surface area contributed by atoms with Gasteiger partial charge in [-0.1, -0.05) is 18.1 Å². The molecule has 0 bridgehead atoms. The third kappa shape index (κ3) is 5.46. The third-order valence-corrected chi connectivity index (χ3v) is 2.69. The van der Waals surface area contributed by atoms with Gasteiger partial charge < -0.3 is 5.11 Å². The van der Waals surface area contributed by atoms with Crippen LogP contribution in [0.2, 0.25) is 0 Å². The van der Waals surface area contributed by atoms with Gasteiger partial charge in [0.15, 0.2) is 0 Å². The van der Waals surface area contributed by atoms with Crippen molar-refractivity contribution in [1.82, 2.24) is 0 Å². The molecule has 0 spiro atoms. The molecule has 0 aliphatic carbocycles. The fourth-order valence-corrected chi connectivity index (χ4v) is 1.64. The Balaban J connectivity index is 0.000000344. The first-order chi connectivity index (χ1) is 10.3. The predicted molar refractivity (Wildman–Crippen MR) is 83.4 cm³/mol. The first-order valence-electron chi connectivity index (χ1n) is 6.50. The Bertz CT molecular complexity index is 712. The molecule has 0 fully saturated rings. The molecular weight excluding hydrogens is 316 g/mol. The normalized spacial score (nSPS) is 8.55. The van der Waals surface area contributed by atoms with Crippen LogP contribution in [0.3, 0.4) is 0 Å². The number of hydrogen-bond acceptors (Lipinski definition) is 2. The van der Waals surface area contributed by atoms with E-state index in [2.05, 4.69) is 11.8 Å². The zero-order valence-corrected chi connectivity index (χ0v) is 12.8. The molecule has 3 heteroatoms. The van der Waals surface area contributed by atoms with E-state index < -0.39 is 0 Å². The smallest absolute Gasteiger partial charge is 0.507 e. The van der Waals surface area contributed by atoms with Gasteiger partial charge in [-0.05, 0) is 12.1 Å². The van der Waals surface area contributed by atoms with Gasteiger partial charge in [0.1, 0.15) is 5.75 Å². The molecule has 0 aliphatic heterocycles. The van der Waals surface area contributed by atoms with E-state index in [4.69, 9.17) is 0 Å². The molecule has 0 atom stereocenters. The van der Waals surface area contributed by atoms with Gasteiger partial charge >= 0.3 is 17.1 Å². The fraction of sp³-hybridized carbons (Fsp3) is 0. The van der Waals surface area contributed by atoms with E-state index >= 15 is 0 Å². The van der Waals surface area contributed by atoms with E-state index in [0.717, 1.165) is 5.56 Å². The van der Waals surface area contributed by atoms with Crippen molar-refractivity contribution >= 4 is 5.78 Å². The summed E-state index contributed by atoms with van der Waals surface area (Å²) in [5, 5.41) is 9.45. The van der Waals surface area contributed by atoms with Crippen LogP contribution in [0.5, 0.6) is 5.75 Å². The summed E-state index contributed by atoms with van der Waals surface area (Å²) < 4.78 is 0. The number of rotatable bonds is 1. The molecule has 0 unspecified atom stereocenters. The Hall–Kier alpha value is -2.53. The summed E-state index contributed by atoms with van der Waals surface area (Å²) in [4.78, 5) is 11.6. The summed E-state index contributed by atoms with van der Waals surface area (Å²) >= 11 is 0. The van der Waals surface area contributed by atoms with Crippen LogP contribution in [0.4, 0.5) is 0 Å². The van der Waals surface area contributed by atoms with Crippen molar-refractivity contribution in [3.05, 3.63) is 90.0 Å². The van der Waals surface area contributed by atoms with Crippen LogP contribution in [0, 0.1) is 11.8 Å². The molecule has 2 nitrogen and oxygen atoms in total. The van der Waals surface area contributed by atoms with Gasteiger partial charge in [0.25, 0.3) is 0 Å². The second-order valence-electron chi connectivity index (χ2n) is 4.23. The molecule has 110 valence electrons. The molecule has 0 amide bonds. The van der Waals surface area contributed by atoms with Crippen LogP contribution in [-0.4, -0.2) is 10.9 Å². The molecule has 0 saturated heterocycles. The van der Waals surface area contributed by atoms with E-state index in [1.807, 2.05) is 54.6 Å². The fourth-order valence-electron chi connectivity index (χ4n) is 1.64. The second kappa shape index (κ2) is 9.41. The van der Waals surface area contributed by atoms with Crippen molar-refractivity contribution < 1.29 is 27.0 Å². The van der Waals surface area contributed by atoms with E-state index in [9.17, 15) is 9.90 Å². The number of hydrogen-bond donors (Lipinski definition) is 1. The number of phenols is 1. The molecule has 0 aliphatic rings. The maximum Gasteiger partial charge on any atom is 2.00 e. The van der Waals surface area contributed by atoms with Crippen molar-refractivity contribution in [2.45, 2.75) is 0 Å². The average Bonchev–Trinajstić information content (AvgIpc) is 3.21. The van der Waals surface area contributed by atoms with Gasteiger partial charge in [0, 0.05) is 0 Å². The standard InChI is InChI=1S/C14H9O2.C5H5.Fe/c15-13-8-4-3-7-12(13)14(16)10-9-11-5-1-2-6-11;1-2-4-5-3-1;/h1-8,15H;1-5H;/q2*-1;+2. The zero-order chi connectivity index (χ0) is 14.9. The van der Waals surface area contributed by atoms with Gasteiger partial charge in [-0.25, -0.2) is 12.1 Å². The van der Waals surface area contributed by atoms with Gasteiger partial charge in [-0.2, -0.15) is 42.3 Å². The third-order valence-electron chi connectivity index (χ3n) is 2.69. The predicted octanol–water partition coefficient (Wildman–Crippen LogP) is 3.75. The van der Waals surface area contributed by atoms with Crippen molar-refractivity contribution in [3.63, 3.8) is 0 Å². The van der Waals surface area contributed by atoms with E-state index in [0.29, 0.717) is 0 Å². The number of phenolic OH excluding ortho intramolecular Hbond substituents is 1. The Morgan fingerprint density at radius 3 is 2.23 bits per heavy atom. The molecule has 0 aromatic heterocycles. The minimum atomic E-state index is -0.376. The van der Waals surface area contributed by atoms with Crippen LogP contribution in [0.15, 0.2) is 78.9 Å². The van der Waals surface area contributed by atoms with Gasteiger partial charge in [-0.15, -0.1) is 11.6 Å². The summed E-state index contributed by atoms with van der Waals surface area (Å²) in [7, 11) is 0. The van der Waals surface area contributed by atoms with Crippen LogP contribution in [-0.2, 0) is 17.1 Å². The first kappa shape index (κ1) is 17.5. The Labute approximate surface area is 140 Å². The van der Waals surface area contributed by atoms with Crippen LogP contribution < -0.4 is 0 Å². The average molecular weight is 330 g/mol. The molecule has 0 radical (unpaired) electrons. The number of aromatic hydroxyl groups is 1. The molecule has 0 heterocycles.